The number of anilines is 1. The predicted octanol–water partition coefficient (Wildman–Crippen LogP) is 1.25. The van der Waals surface area contributed by atoms with Crippen molar-refractivity contribution in [3.05, 3.63) is 28.3 Å². The molecule has 23 heavy (non-hydrogen) atoms. The van der Waals surface area contributed by atoms with Crippen LogP contribution in [0.5, 0.6) is 5.75 Å². The number of methoxy groups -OCH3 is 1. The molecule has 0 radical (unpaired) electrons. The Hall–Kier alpha value is -2.15. The van der Waals surface area contributed by atoms with Crippen LogP contribution in [0.15, 0.2) is 18.2 Å². The third kappa shape index (κ3) is 4.19. The maximum absolute atomic E-state index is 12.5. The van der Waals surface area contributed by atoms with Crippen LogP contribution in [0.4, 0.5) is 11.4 Å². The molecule has 1 heterocycles. The van der Waals surface area contributed by atoms with Gasteiger partial charge in [-0.15, -0.1) is 0 Å². The number of amides is 1. The summed E-state index contributed by atoms with van der Waals surface area (Å²) in [7, 11) is 1.44. The number of hydrogen-bond donors (Lipinski definition) is 2. The molecule has 0 saturated carbocycles. The van der Waals surface area contributed by atoms with E-state index < -0.39 is 4.92 Å². The number of nitrogens with one attached hydrogen (secondary N) is 2. The lowest BCUT2D eigenvalue weighted by atomic mass is 9.99. The molecule has 2 N–H and O–H groups in total. The smallest absolute Gasteiger partial charge is 0.296 e. The average Bonchev–Trinajstić information content (AvgIpc) is 2.54. The first-order valence-corrected chi connectivity index (χ1v) is 7.90. The van der Waals surface area contributed by atoms with Gasteiger partial charge in [0.25, 0.3) is 11.6 Å². The molecule has 1 aromatic rings. The molecule has 0 aromatic heterocycles. The predicted molar refractivity (Wildman–Crippen MR) is 86.8 cm³/mol. The van der Waals surface area contributed by atoms with Crippen LogP contribution >= 0.6 is 0 Å². The van der Waals surface area contributed by atoms with Gasteiger partial charge in [0.2, 0.25) is 0 Å². The van der Waals surface area contributed by atoms with E-state index in [2.05, 4.69) is 12.2 Å². The number of nitro benzene ring substituents is 1. The summed E-state index contributed by atoms with van der Waals surface area (Å²) in [6.45, 7) is 5.99. The van der Waals surface area contributed by atoms with Crippen molar-refractivity contribution in [1.29, 1.82) is 0 Å². The van der Waals surface area contributed by atoms with Crippen LogP contribution in [0.3, 0.4) is 0 Å². The Kier molecular flexibility index (Phi) is 5.54. The standard InChI is InChI=1S/C16H23N3O4/c1-11-5-4-8-18(10-11)12(2)16(20)17-14-7-6-13(23-3)9-15(14)19(21)22/h6-7,9,11-12H,4-5,8,10H2,1-3H3,(H,17,20)/p+1/t11-,12+/m1/s1. The SMILES string of the molecule is COc1ccc(NC(=O)[C@H](C)[NH+]2CCC[C@@H](C)C2)c([N+](=O)[O-])c1. The molecular weight excluding hydrogens is 298 g/mol. The van der Waals surface area contributed by atoms with Crippen molar-refractivity contribution >= 4 is 17.3 Å². The van der Waals surface area contributed by atoms with E-state index in [-0.39, 0.29) is 23.3 Å². The van der Waals surface area contributed by atoms with Crippen molar-refractivity contribution in [3.63, 3.8) is 0 Å². The lowest BCUT2D eigenvalue weighted by Gasteiger charge is -2.31. The highest BCUT2D eigenvalue weighted by atomic mass is 16.6. The Morgan fingerprint density at radius 3 is 2.87 bits per heavy atom. The highest BCUT2D eigenvalue weighted by Gasteiger charge is 2.30. The van der Waals surface area contributed by atoms with Gasteiger partial charge >= 0.3 is 0 Å². The van der Waals surface area contributed by atoms with Gasteiger partial charge in [0, 0.05) is 5.92 Å². The van der Waals surface area contributed by atoms with Crippen LogP contribution in [-0.4, -0.2) is 37.1 Å². The normalized spacial score (nSPS) is 22.2. The molecule has 0 aliphatic carbocycles. The fourth-order valence-electron chi connectivity index (χ4n) is 3.04. The number of hydrogen-bond acceptors (Lipinski definition) is 4. The topological polar surface area (TPSA) is 85.9 Å². The van der Waals surface area contributed by atoms with Crippen LogP contribution in [0.25, 0.3) is 0 Å². The number of ether oxygens (including phenoxy) is 1. The molecule has 1 amide bonds. The van der Waals surface area contributed by atoms with Gasteiger partial charge in [-0.25, -0.2) is 0 Å². The number of rotatable bonds is 5. The third-order valence-electron chi connectivity index (χ3n) is 4.47. The first-order valence-electron chi connectivity index (χ1n) is 7.90. The number of nitrogens with zero attached hydrogens (tertiary/aromatic N) is 1. The molecular formula is C16H24N3O4+. The lowest BCUT2D eigenvalue weighted by molar-refractivity contribution is -0.922. The van der Waals surface area contributed by atoms with Crippen LogP contribution in [-0.2, 0) is 4.79 Å². The lowest BCUT2D eigenvalue weighted by Crippen LogP contribution is -3.17. The Labute approximate surface area is 135 Å². The summed E-state index contributed by atoms with van der Waals surface area (Å²) in [5, 5.41) is 13.9. The number of quaternary nitrogens is 1. The molecule has 7 heteroatoms. The van der Waals surface area contributed by atoms with E-state index >= 15 is 0 Å². The van der Waals surface area contributed by atoms with Crippen LogP contribution < -0.4 is 15.0 Å². The van der Waals surface area contributed by atoms with Crippen molar-refractivity contribution in [3.8, 4) is 5.75 Å². The van der Waals surface area contributed by atoms with Gasteiger partial charge in [0.1, 0.15) is 11.4 Å². The Morgan fingerprint density at radius 2 is 2.26 bits per heavy atom. The van der Waals surface area contributed by atoms with E-state index in [1.165, 1.54) is 30.6 Å². The zero-order valence-corrected chi connectivity index (χ0v) is 13.8. The summed E-state index contributed by atoms with van der Waals surface area (Å²) in [5.74, 6) is 0.796. The van der Waals surface area contributed by atoms with Crippen molar-refractivity contribution in [1.82, 2.24) is 0 Å². The van der Waals surface area contributed by atoms with Gasteiger partial charge in [0.05, 0.1) is 31.2 Å². The largest absolute Gasteiger partial charge is 0.496 e. The summed E-state index contributed by atoms with van der Waals surface area (Å²) in [4.78, 5) is 24.4. The maximum Gasteiger partial charge on any atom is 0.296 e. The molecule has 1 aliphatic heterocycles. The van der Waals surface area contributed by atoms with E-state index in [9.17, 15) is 14.9 Å². The first-order chi connectivity index (χ1) is 10.9. The van der Waals surface area contributed by atoms with Gasteiger partial charge in [-0.2, -0.15) is 0 Å². The molecule has 1 fully saturated rings. The van der Waals surface area contributed by atoms with Gasteiger partial charge < -0.3 is 15.0 Å². The summed E-state index contributed by atoms with van der Waals surface area (Å²) in [5.41, 5.74) is 0.0454. The molecule has 3 atom stereocenters. The quantitative estimate of drug-likeness (QED) is 0.631. The second-order valence-corrected chi connectivity index (χ2v) is 6.21. The number of carbonyl (C=O) groups excluding carboxylic acids is 1. The number of benzene rings is 1. The maximum atomic E-state index is 12.5. The number of piperidine rings is 1. The summed E-state index contributed by atoms with van der Waals surface area (Å²) in [6.07, 6.45) is 2.30. The summed E-state index contributed by atoms with van der Waals surface area (Å²) >= 11 is 0. The van der Waals surface area contributed by atoms with Crippen LogP contribution in [0.2, 0.25) is 0 Å². The van der Waals surface area contributed by atoms with E-state index in [1.807, 2.05) is 6.92 Å². The van der Waals surface area contributed by atoms with Crippen molar-refractivity contribution in [2.45, 2.75) is 32.7 Å². The summed E-state index contributed by atoms with van der Waals surface area (Å²) in [6, 6.07) is 4.19. The van der Waals surface area contributed by atoms with Gasteiger partial charge in [-0.1, -0.05) is 6.92 Å². The highest BCUT2D eigenvalue weighted by molar-refractivity contribution is 5.95. The summed E-state index contributed by atoms with van der Waals surface area (Å²) < 4.78 is 5.00. The Balaban J connectivity index is 2.11. The second-order valence-electron chi connectivity index (χ2n) is 6.21. The molecule has 1 unspecified atom stereocenters. The zero-order valence-electron chi connectivity index (χ0n) is 13.8. The molecule has 1 aromatic carbocycles. The molecule has 1 saturated heterocycles. The van der Waals surface area contributed by atoms with Crippen molar-refractivity contribution in [2.24, 2.45) is 5.92 Å². The molecule has 1 aliphatic rings. The minimum atomic E-state index is -0.515. The van der Waals surface area contributed by atoms with E-state index in [1.54, 1.807) is 6.07 Å². The molecule has 0 bridgehead atoms. The third-order valence-corrected chi connectivity index (χ3v) is 4.47. The molecule has 126 valence electrons. The van der Waals surface area contributed by atoms with E-state index in [0.717, 1.165) is 19.5 Å². The fraction of sp³-hybridized carbons (Fsp3) is 0.562. The number of carbonyl (C=O) groups is 1. The number of likely N-dealkylation sites (tertiary alicyclic amines) is 1. The van der Waals surface area contributed by atoms with Crippen molar-refractivity contribution in [2.75, 3.05) is 25.5 Å². The minimum Gasteiger partial charge on any atom is -0.496 e. The van der Waals surface area contributed by atoms with E-state index in [4.69, 9.17) is 4.74 Å². The molecule has 2 rings (SSSR count). The monoisotopic (exact) mass is 322 g/mol. The van der Waals surface area contributed by atoms with Crippen LogP contribution in [0, 0.1) is 16.0 Å². The average molecular weight is 322 g/mol. The molecule has 0 spiro atoms. The van der Waals surface area contributed by atoms with Gasteiger partial charge in [-0.05, 0) is 31.9 Å². The van der Waals surface area contributed by atoms with Crippen LogP contribution in [0.1, 0.15) is 26.7 Å². The Morgan fingerprint density at radius 1 is 1.52 bits per heavy atom. The first kappa shape index (κ1) is 17.2. The Bertz CT molecular complexity index is 591. The second kappa shape index (κ2) is 7.41. The fourth-order valence-corrected chi connectivity index (χ4v) is 3.04. The van der Waals surface area contributed by atoms with Crippen molar-refractivity contribution < 1.29 is 19.4 Å². The van der Waals surface area contributed by atoms with Gasteiger partial charge in [-0.3, -0.25) is 14.9 Å². The molecule has 7 nitrogen and oxygen atoms in total. The van der Waals surface area contributed by atoms with E-state index in [0.29, 0.717) is 11.7 Å². The number of nitro groups is 1. The van der Waals surface area contributed by atoms with Gasteiger partial charge in [0.15, 0.2) is 6.04 Å². The minimum absolute atomic E-state index is 0.160. The highest BCUT2D eigenvalue weighted by Crippen LogP contribution is 2.28. The zero-order chi connectivity index (χ0) is 17.0.